The standard InChI is InChI=1S/C20H27FN2O2/c21-17-11-5-4-10-16(17)14-23(18-12-6-7-13-22-19(18)24)20(25)15-8-2-1-3-9-15/h4-5,10-11,15,18H,1-3,6-9,12-14H2,(H,22,24). The van der Waals surface area contributed by atoms with Crippen molar-refractivity contribution in [1.82, 2.24) is 10.2 Å². The van der Waals surface area contributed by atoms with Gasteiger partial charge in [-0.25, -0.2) is 4.39 Å². The highest BCUT2D eigenvalue weighted by Crippen LogP contribution is 2.28. The van der Waals surface area contributed by atoms with Crippen LogP contribution >= 0.6 is 0 Å². The highest BCUT2D eigenvalue weighted by Gasteiger charge is 2.35. The molecule has 4 nitrogen and oxygen atoms in total. The zero-order valence-electron chi connectivity index (χ0n) is 14.7. The van der Waals surface area contributed by atoms with Gasteiger partial charge >= 0.3 is 0 Å². The third kappa shape index (κ3) is 4.39. The highest BCUT2D eigenvalue weighted by molar-refractivity contribution is 5.88. The number of benzene rings is 1. The molecule has 0 bridgehead atoms. The van der Waals surface area contributed by atoms with Gasteiger partial charge in [0, 0.05) is 24.6 Å². The van der Waals surface area contributed by atoms with E-state index in [-0.39, 0.29) is 30.1 Å². The van der Waals surface area contributed by atoms with Gasteiger partial charge < -0.3 is 10.2 Å². The van der Waals surface area contributed by atoms with Crippen LogP contribution in [0.15, 0.2) is 24.3 Å². The number of carbonyl (C=O) groups excluding carboxylic acids is 2. The van der Waals surface area contributed by atoms with E-state index in [1.165, 1.54) is 12.5 Å². The van der Waals surface area contributed by atoms with Crippen molar-refractivity contribution in [3.63, 3.8) is 0 Å². The Morgan fingerprint density at radius 1 is 1.08 bits per heavy atom. The minimum Gasteiger partial charge on any atom is -0.354 e. The molecular formula is C20H27FN2O2. The molecule has 1 aromatic rings. The lowest BCUT2D eigenvalue weighted by Crippen LogP contribution is -2.50. The summed E-state index contributed by atoms with van der Waals surface area (Å²) in [6, 6.07) is 6.03. The first-order valence-electron chi connectivity index (χ1n) is 9.48. The largest absolute Gasteiger partial charge is 0.354 e. The number of rotatable bonds is 4. The topological polar surface area (TPSA) is 49.4 Å². The molecule has 1 atom stereocenters. The number of hydrogen-bond acceptors (Lipinski definition) is 2. The third-order valence-corrected chi connectivity index (χ3v) is 5.42. The van der Waals surface area contributed by atoms with Crippen LogP contribution in [0.4, 0.5) is 4.39 Å². The van der Waals surface area contributed by atoms with Crippen molar-refractivity contribution in [3.8, 4) is 0 Å². The molecular weight excluding hydrogens is 319 g/mol. The van der Waals surface area contributed by atoms with E-state index in [4.69, 9.17) is 0 Å². The van der Waals surface area contributed by atoms with Gasteiger partial charge in [0.1, 0.15) is 11.9 Å². The highest BCUT2D eigenvalue weighted by atomic mass is 19.1. The van der Waals surface area contributed by atoms with Gasteiger partial charge in [0.05, 0.1) is 0 Å². The van der Waals surface area contributed by atoms with Crippen molar-refractivity contribution in [3.05, 3.63) is 35.6 Å². The summed E-state index contributed by atoms with van der Waals surface area (Å²) in [4.78, 5) is 27.4. The molecule has 2 aliphatic rings. The minimum atomic E-state index is -0.489. The lowest BCUT2D eigenvalue weighted by atomic mass is 9.87. The molecule has 2 fully saturated rings. The summed E-state index contributed by atoms with van der Waals surface area (Å²) < 4.78 is 14.2. The molecule has 1 N–H and O–H groups in total. The van der Waals surface area contributed by atoms with Gasteiger partial charge in [-0.15, -0.1) is 0 Å². The predicted molar refractivity (Wildman–Crippen MR) is 94.2 cm³/mol. The second-order valence-electron chi connectivity index (χ2n) is 7.20. The molecule has 136 valence electrons. The quantitative estimate of drug-likeness (QED) is 0.908. The molecule has 25 heavy (non-hydrogen) atoms. The van der Waals surface area contributed by atoms with Crippen LogP contribution in [0.25, 0.3) is 0 Å². The van der Waals surface area contributed by atoms with Gasteiger partial charge in [0.15, 0.2) is 0 Å². The number of nitrogens with zero attached hydrogens (tertiary/aromatic N) is 1. The van der Waals surface area contributed by atoms with Crippen molar-refractivity contribution in [2.75, 3.05) is 6.54 Å². The van der Waals surface area contributed by atoms with Crippen molar-refractivity contribution in [2.24, 2.45) is 5.92 Å². The van der Waals surface area contributed by atoms with Crippen LogP contribution in [0.2, 0.25) is 0 Å². The molecule has 0 spiro atoms. The average Bonchev–Trinajstić information content (AvgIpc) is 2.86. The Balaban J connectivity index is 1.85. The van der Waals surface area contributed by atoms with E-state index in [9.17, 15) is 14.0 Å². The summed E-state index contributed by atoms with van der Waals surface area (Å²) in [6.45, 7) is 0.820. The van der Waals surface area contributed by atoms with Crippen LogP contribution in [0, 0.1) is 11.7 Å². The Morgan fingerprint density at radius 3 is 2.56 bits per heavy atom. The summed E-state index contributed by atoms with van der Waals surface area (Å²) in [7, 11) is 0. The van der Waals surface area contributed by atoms with Crippen LogP contribution in [-0.2, 0) is 16.1 Å². The Kier molecular flexibility index (Phi) is 6.05. The molecule has 2 amide bonds. The zero-order valence-corrected chi connectivity index (χ0v) is 14.7. The maximum absolute atomic E-state index is 14.2. The maximum Gasteiger partial charge on any atom is 0.242 e. The summed E-state index contributed by atoms with van der Waals surface area (Å²) in [6.07, 6.45) is 7.51. The van der Waals surface area contributed by atoms with Crippen molar-refractivity contribution in [1.29, 1.82) is 0 Å². The number of hydrogen-bond donors (Lipinski definition) is 1. The molecule has 1 saturated carbocycles. The van der Waals surface area contributed by atoms with Gasteiger partial charge in [-0.05, 0) is 38.2 Å². The normalized spacial score (nSPS) is 22.1. The van der Waals surface area contributed by atoms with Crippen LogP contribution in [0.5, 0.6) is 0 Å². The Labute approximate surface area is 148 Å². The molecule has 3 rings (SSSR count). The molecule has 1 unspecified atom stereocenters. The first-order chi connectivity index (χ1) is 12.2. The first-order valence-corrected chi connectivity index (χ1v) is 9.48. The number of nitrogens with one attached hydrogen (secondary N) is 1. The van der Waals surface area contributed by atoms with Gasteiger partial charge in [-0.1, -0.05) is 37.5 Å². The lowest BCUT2D eigenvalue weighted by Gasteiger charge is -2.34. The van der Waals surface area contributed by atoms with E-state index in [1.807, 2.05) is 0 Å². The smallest absolute Gasteiger partial charge is 0.242 e. The van der Waals surface area contributed by atoms with Crippen LogP contribution in [0.1, 0.15) is 56.9 Å². The van der Waals surface area contributed by atoms with E-state index in [2.05, 4.69) is 5.32 Å². The van der Waals surface area contributed by atoms with E-state index in [0.717, 1.165) is 38.5 Å². The third-order valence-electron chi connectivity index (χ3n) is 5.42. The fourth-order valence-corrected chi connectivity index (χ4v) is 3.96. The van der Waals surface area contributed by atoms with Crippen molar-refractivity contribution >= 4 is 11.8 Å². The monoisotopic (exact) mass is 346 g/mol. The lowest BCUT2D eigenvalue weighted by molar-refractivity contribution is -0.145. The Hall–Kier alpha value is -1.91. The summed E-state index contributed by atoms with van der Waals surface area (Å²) in [5.41, 5.74) is 0.476. The fraction of sp³-hybridized carbons (Fsp3) is 0.600. The van der Waals surface area contributed by atoms with Crippen LogP contribution in [0.3, 0.4) is 0 Å². The van der Waals surface area contributed by atoms with Gasteiger partial charge in [-0.2, -0.15) is 0 Å². The molecule has 1 aliphatic heterocycles. The molecule has 5 heteroatoms. The molecule has 0 aromatic heterocycles. The van der Waals surface area contributed by atoms with Crippen LogP contribution in [-0.4, -0.2) is 29.3 Å². The summed E-state index contributed by atoms with van der Waals surface area (Å²) in [5.74, 6) is -0.433. The SMILES string of the molecule is O=C1NCCCCC1N(Cc1ccccc1F)C(=O)C1CCCCC1. The van der Waals surface area contributed by atoms with Crippen molar-refractivity contribution in [2.45, 2.75) is 64.0 Å². The van der Waals surface area contributed by atoms with Gasteiger partial charge in [0.25, 0.3) is 0 Å². The predicted octanol–water partition coefficient (Wildman–Crippen LogP) is 3.40. The van der Waals surface area contributed by atoms with E-state index in [0.29, 0.717) is 18.5 Å². The van der Waals surface area contributed by atoms with Gasteiger partial charge in [0.2, 0.25) is 11.8 Å². The number of amides is 2. The van der Waals surface area contributed by atoms with Crippen LogP contribution < -0.4 is 5.32 Å². The first kappa shape index (κ1) is 17.9. The molecule has 0 radical (unpaired) electrons. The van der Waals surface area contributed by atoms with E-state index >= 15 is 0 Å². The van der Waals surface area contributed by atoms with Gasteiger partial charge in [-0.3, -0.25) is 9.59 Å². The molecule has 1 saturated heterocycles. The molecule has 1 aliphatic carbocycles. The van der Waals surface area contributed by atoms with E-state index in [1.54, 1.807) is 23.1 Å². The summed E-state index contributed by atoms with van der Waals surface area (Å²) in [5, 5.41) is 2.91. The minimum absolute atomic E-state index is 0.0185. The second-order valence-corrected chi connectivity index (χ2v) is 7.20. The van der Waals surface area contributed by atoms with E-state index < -0.39 is 6.04 Å². The molecule has 1 heterocycles. The maximum atomic E-state index is 14.2. The number of halogens is 1. The Bertz CT molecular complexity index is 613. The fourth-order valence-electron chi connectivity index (χ4n) is 3.96. The Morgan fingerprint density at radius 2 is 1.80 bits per heavy atom. The molecule has 1 aromatic carbocycles. The zero-order chi connectivity index (χ0) is 17.6. The average molecular weight is 346 g/mol. The number of carbonyl (C=O) groups is 2. The second kappa shape index (κ2) is 8.45. The summed E-state index contributed by atoms with van der Waals surface area (Å²) >= 11 is 0. The van der Waals surface area contributed by atoms with Crippen molar-refractivity contribution < 1.29 is 14.0 Å².